The monoisotopic (exact) mass is 288 g/mol. The highest BCUT2D eigenvalue weighted by Gasteiger charge is 2.10. The molecule has 0 bridgehead atoms. The molecule has 0 saturated carbocycles. The van der Waals surface area contributed by atoms with Crippen LogP contribution in [0.4, 0.5) is 0 Å². The molecule has 104 valence electrons. The van der Waals surface area contributed by atoms with Gasteiger partial charge in [-0.1, -0.05) is 23.8 Å². The first kappa shape index (κ1) is 14.3. The number of benzene rings is 1. The molecule has 2 aromatic rings. The number of nitrogens with one attached hydrogen (secondary N) is 2. The molecule has 1 heterocycles. The minimum absolute atomic E-state index is 0.231. The molecule has 0 unspecified atom stereocenters. The highest BCUT2D eigenvalue weighted by Crippen LogP contribution is 2.10. The summed E-state index contributed by atoms with van der Waals surface area (Å²) >= 11 is 1.51. The van der Waals surface area contributed by atoms with Gasteiger partial charge in [0.2, 0.25) is 5.91 Å². The molecule has 2 N–H and O–H groups in total. The Morgan fingerprint density at radius 3 is 2.60 bits per heavy atom. The van der Waals surface area contributed by atoms with Gasteiger partial charge >= 0.3 is 0 Å². The van der Waals surface area contributed by atoms with E-state index < -0.39 is 0 Å². The molecule has 20 heavy (non-hydrogen) atoms. The Kier molecular flexibility index (Phi) is 4.53. The van der Waals surface area contributed by atoms with Crippen LogP contribution in [0.15, 0.2) is 35.7 Å². The van der Waals surface area contributed by atoms with Crippen molar-refractivity contribution in [1.82, 2.24) is 10.9 Å². The number of carbonyl (C=O) groups is 2. The molecule has 2 amide bonds. The third-order valence-corrected chi connectivity index (χ3v) is 3.73. The predicted molar refractivity (Wildman–Crippen MR) is 79.5 cm³/mol. The average molecular weight is 288 g/mol. The van der Waals surface area contributed by atoms with Gasteiger partial charge in [-0.05, 0) is 36.9 Å². The molecule has 0 aliphatic rings. The van der Waals surface area contributed by atoms with Crippen molar-refractivity contribution in [3.05, 3.63) is 57.3 Å². The van der Waals surface area contributed by atoms with E-state index in [-0.39, 0.29) is 18.2 Å². The first-order chi connectivity index (χ1) is 9.56. The fourth-order valence-electron chi connectivity index (χ4n) is 1.88. The molecular formula is C15H16N2O2S. The van der Waals surface area contributed by atoms with Crippen LogP contribution in [0.2, 0.25) is 0 Å². The predicted octanol–water partition coefficient (Wildman–Crippen LogP) is 2.37. The molecule has 0 spiro atoms. The Labute approximate surface area is 121 Å². The van der Waals surface area contributed by atoms with Crippen molar-refractivity contribution in [1.29, 1.82) is 0 Å². The van der Waals surface area contributed by atoms with Gasteiger partial charge in [0.1, 0.15) is 0 Å². The van der Waals surface area contributed by atoms with E-state index in [1.807, 2.05) is 43.5 Å². The normalized spacial score (nSPS) is 10.1. The first-order valence-corrected chi connectivity index (χ1v) is 7.13. The lowest BCUT2D eigenvalue weighted by molar-refractivity contribution is -0.121. The van der Waals surface area contributed by atoms with Gasteiger partial charge in [-0.2, -0.15) is 0 Å². The van der Waals surface area contributed by atoms with Crippen LogP contribution >= 0.6 is 11.3 Å². The summed E-state index contributed by atoms with van der Waals surface area (Å²) in [6.07, 6.45) is 0.269. The van der Waals surface area contributed by atoms with Gasteiger partial charge in [0.25, 0.3) is 5.91 Å². The molecule has 0 atom stereocenters. The van der Waals surface area contributed by atoms with Crippen molar-refractivity contribution in [2.45, 2.75) is 20.3 Å². The maximum absolute atomic E-state index is 12.0. The zero-order chi connectivity index (χ0) is 14.5. The minimum Gasteiger partial charge on any atom is -0.273 e. The van der Waals surface area contributed by atoms with E-state index in [0.717, 1.165) is 16.0 Å². The summed E-state index contributed by atoms with van der Waals surface area (Å²) in [5.41, 5.74) is 7.41. The summed E-state index contributed by atoms with van der Waals surface area (Å²) in [5.74, 6) is -0.535. The topological polar surface area (TPSA) is 58.2 Å². The Balaban J connectivity index is 1.90. The lowest BCUT2D eigenvalue weighted by atomic mass is 10.1. The molecule has 0 aliphatic carbocycles. The van der Waals surface area contributed by atoms with Gasteiger partial charge in [0, 0.05) is 10.4 Å². The Morgan fingerprint density at radius 2 is 1.95 bits per heavy atom. The van der Waals surface area contributed by atoms with Crippen molar-refractivity contribution in [2.24, 2.45) is 0 Å². The van der Waals surface area contributed by atoms with Gasteiger partial charge in [-0.15, -0.1) is 11.3 Å². The third-order valence-electron chi connectivity index (χ3n) is 2.86. The summed E-state index contributed by atoms with van der Waals surface area (Å²) < 4.78 is 0. The van der Waals surface area contributed by atoms with E-state index in [9.17, 15) is 9.59 Å². The van der Waals surface area contributed by atoms with Crippen molar-refractivity contribution in [3.8, 4) is 0 Å². The van der Waals surface area contributed by atoms with Crippen LogP contribution in [0.5, 0.6) is 0 Å². The number of rotatable bonds is 3. The number of thiophene rings is 1. The molecule has 1 aromatic heterocycles. The van der Waals surface area contributed by atoms with Crippen LogP contribution in [0.25, 0.3) is 0 Å². The van der Waals surface area contributed by atoms with E-state index in [4.69, 9.17) is 0 Å². The van der Waals surface area contributed by atoms with Crippen LogP contribution in [-0.4, -0.2) is 11.8 Å². The number of amides is 2. The lowest BCUT2D eigenvalue weighted by Crippen LogP contribution is -2.42. The highest BCUT2D eigenvalue weighted by atomic mass is 32.1. The van der Waals surface area contributed by atoms with Gasteiger partial charge in [0.15, 0.2) is 0 Å². The zero-order valence-corrected chi connectivity index (χ0v) is 12.2. The van der Waals surface area contributed by atoms with Crippen LogP contribution in [0.1, 0.15) is 26.4 Å². The molecule has 0 saturated heterocycles. The van der Waals surface area contributed by atoms with Crippen LogP contribution in [0, 0.1) is 13.8 Å². The first-order valence-electron chi connectivity index (χ1n) is 6.25. The maximum Gasteiger partial charge on any atom is 0.269 e. The third kappa shape index (κ3) is 3.68. The van der Waals surface area contributed by atoms with E-state index in [2.05, 4.69) is 10.9 Å². The SMILES string of the molecule is Cc1ccc(C(=O)NNC(=O)Cc2cccs2)c(C)c1. The number of hydrogen-bond donors (Lipinski definition) is 2. The molecule has 0 aliphatic heterocycles. The largest absolute Gasteiger partial charge is 0.273 e. The van der Waals surface area contributed by atoms with Crippen LogP contribution in [0.3, 0.4) is 0 Å². The van der Waals surface area contributed by atoms with E-state index in [0.29, 0.717) is 5.56 Å². The summed E-state index contributed by atoms with van der Waals surface area (Å²) in [5, 5.41) is 1.91. The quantitative estimate of drug-likeness (QED) is 0.852. The molecule has 0 radical (unpaired) electrons. The fraction of sp³-hybridized carbons (Fsp3) is 0.200. The molecule has 4 nitrogen and oxygen atoms in total. The lowest BCUT2D eigenvalue weighted by Gasteiger charge is -2.09. The Hall–Kier alpha value is -2.14. The number of hydrazine groups is 1. The zero-order valence-electron chi connectivity index (χ0n) is 11.4. The van der Waals surface area contributed by atoms with Crippen molar-refractivity contribution < 1.29 is 9.59 Å². The van der Waals surface area contributed by atoms with E-state index in [1.165, 1.54) is 11.3 Å². The van der Waals surface area contributed by atoms with Crippen molar-refractivity contribution in [2.75, 3.05) is 0 Å². The second kappa shape index (κ2) is 6.34. The highest BCUT2D eigenvalue weighted by molar-refractivity contribution is 7.10. The second-order valence-electron chi connectivity index (χ2n) is 4.58. The smallest absolute Gasteiger partial charge is 0.269 e. The number of aryl methyl sites for hydroxylation is 2. The van der Waals surface area contributed by atoms with Gasteiger partial charge in [-0.25, -0.2) is 0 Å². The maximum atomic E-state index is 12.0. The average Bonchev–Trinajstić information content (AvgIpc) is 2.89. The van der Waals surface area contributed by atoms with Gasteiger partial charge in [-0.3, -0.25) is 20.4 Å². The number of carbonyl (C=O) groups excluding carboxylic acids is 2. The molecule has 0 fully saturated rings. The Bertz CT molecular complexity index is 621. The van der Waals surface area contributed by atoms with Gasteiger partial charge in [0.05, 0.1) is 6.42 Å². The van der Waals surface area contributed by atoms with E-state index in [1.54, 1.807) is 6.07 Å². The summed E-state index contributed by atoms with van der Waals surface area (Å²) in [7, 11) is 0. The standard InChI is InChI=1S/C15H16N2O2S/c1-10-5-6-13(11(2)8-10)15(19)17-16-14(18)9-12-4-3-7-20-12/h3-8H,9H2,1-2H3,(H,16,18)(H,17,19). The van der Waals surface area contributed by atoms with Crippen LogP contribution < -0.4 is 10.9 Å². The summed E-state index contributed by atoms with van der Waals surface area (Å²) in [6.45, 7) is 3.84. The second-order valence-corrected chi connectivity index (χ2v) is 5.61. The Morgan fingerprint density at radius 1 is 1.15 bits per heavy atom. The van der Waals surface area contributed by atoms with Crippen LogP contribution in [-0.2, 0) is 11.2 Å². The fourth-order valence-corrected chi connectivity index (χ4v) is 2.58. The minimum atomic E-state index is -0.304. The molecule has 1 aromatic carbocycles. The number of hydrogen-bond acceptors (Lipinski definition) is 3. The molecule has 5 heteroatoms. The van der Waals surface area contributed by atoms with Crippen molar-refractivity contribution in [3.63, 3.8) is 0 Å². The summed E-state index contributed by atoms with van der Waals surface area (Å²) in [4.78, 5) is 24.6. The van der Waals surface area contributed by atoms with E-state index >= 15 is 0 Å². The van der Waals surface area contributed by atoms with Crippen molar-refractivity contribution >= 4 is 23.2 Å². The van der Waals surface area contributed by atoms with Gasteiger partial charge < -0.3 is 0 Å². The molecule has 2 rings (SSSR count). The summed E-state index contributed by atoms with van der Waals surface area (Å²) in [6, 6.07) is 9.33. The molecular weight excluding hydrogens is 272 g/mol.